The number of aryl methyl sites for hydroxylation is 1. The summed E-state index contributed by atoms with van der Waals surface area (Å²) in [6.07, 6.45) is -4.66. The highest BCUT2D eigenvalue weighted by atomic mass is 79.9. The summed E-state index contributed by atoms with van der Waals surface area (Å²) < 4.78 is 40.1. The standard InChI is InChI=1S/C15H12BrF3O/c1-10-2-4-11(5-3-10)14(16)12-6-8-13(9-7-12)20-15(17,18)19/h2-9,14H,1H3. The van der Waals surface area contributed by atoms with Crippen LogP contribution < -0.4 is 4.74 Å². The molecule has 0 aliphatic carbocycles. The minimum atomic E-state index is -4.66. The van der Waals surface area contributed by atoms with Crippen molar-refractivity contribution in [3.8, 4) is 5.75 Å². The van der Waals surface area contributed by atoms with Gasteiger partial charge in [0.25, 0.3) is 0 Å². The molecule has 0 saturated heterocycles. The lowest BCUT2D eigenvalue weighted by Gasteiger charge is -2.13. The molecule has 0 N–H and O–H groups in total. The minimum Gasteiger partial charge on any atom is -0.406 e. The fourth-order valence-corrected chi connectivity index (χ4v) is 2.38. The molecular formula is C15H12BrF3O. The first-order valence-electron chi connectivity index (χ1n) is 5.91. The first kappa shape index (κ1) is 14.9. The van der Waals surface area contributed by atoms with Gasteiger partial charge in [-0.3, -0.25) is 0 Å². The Kier molecular flexibility index (Phi) is 4.38. The molecule has 2 aromatic carbocycles. The molecule has 0 aliphatic heterocycles. The fourth-order valence-electron chi connectivity index (χ4n) is 1.77. The summed E-state index contributed by atoms with van der Waals surface area (Å²) in [4.78, 5) is -0.0666. The van der Waals surface area contributed by atoms with Gasteiger partial charge < -0.3 is 4.74 Å². The van der Waals surface area contributed by atoms with Crippen LogP contribution in [-0.4, -0.2) is 6.36 Å². The maximum Gasteiger partial charge on any atom is 0.573 e. The molecule has 5 heteroatoms. The van der Waals surface area contributed by atoms with Crippen LogP contribution in [0.15, 0.2) is 48.5 Å². The molecular weight excluding hydrogens is 333 g/mol. The summed E-state index contributed by atoms with van der Waals surface area (Å²) in [5.41, 5.74) is 3.06. The van der Waals surface area contributed by atoms with Gasteiger partial charge in [0.1, 0.15) is 5.75 Å². The van der Waals surface area contributed by atoms with E-state index in [1.54, 1.807) is 12.1 Å². The Morgan fingerprint density at radius 1 is 0.900 bits per heavy atom. The van der Waals surface area contributed by atoms with Gasteiger partial charge in [-0.25, -0.2) is 0 Å². The molecule has 2 rings (SSSR count). The molecule has 0 fully saturated rings. The van der Waals surface area contributed by atoms with Gasteiger partial charge >= 0.3 is 6.36 Å². The van der Waals surface area contributed by atoms with Crippen molar-refractivity contribution >= 4 is 15.9 Å². The second kappa shape index (κ2) is 5.87. The number of ether oxygens (including phenoxy) is 1. The number of hydrogen-bond acceptors (Lipinski definition) is 1. The lowest BCUT2D eigenvalue weighted by atomic mass is 10.0. The molecule has 0 saturated carbocycles. The second-order valence-corrected chi connectivity index (χ2v) is 5.31. The van der Waals surface area contributed by atoms with Crippen LogP contribution in [0.3, 0.4) is 0 Å². The Morgan fingerprint density at radius 3 is 1.80 bits per heavy atom. The molecule has 0 spiro atoms. The normalized spacial score (nSPS) is 13.1. The Morgan fingerprint density at radius 2 is 1.35 bits per heavy atom. The van der Waals surface area contributed by atoms with Crippen LogP contribution in [0.1, 0.15) is 21.5 Å². The van der Waals surface area contributed by atoms with E-state index >= 15 is 0 Å². The number of halogens is 4. The Hall–Kier alpha value is -1.49. The monoisotopic (exact) mass is 344 g/mol. The first-order valence-corrected chi connectivity index (χ1v) is 6.83. The molecule has 0 radical (unpaired) electrons. The quantitative estimate of drug-likeness (QED) is 0.679. The highest BCUT2D eigenvalue weighted by molar-refractivity contribution is 9.09. The van der Waals surface area contributed by atoms with Gasteiger partial charge in [-0.05, 0) is 30.2 Å². The van der Waals surface area contributed by atoms with Gasteiger partial charge in [0.2, 0.25) is 0 Å². The first-order chi connectivity index (χ1) is 9.35. The van der Waals surface area contributed by atoms with Crippen LogP contribution in [0.25, 0.3) is 0 Å². The molecule has 20 heavy (non-hydrogen) atoms. The minimum absolute atomic E-state index is 0.0666. The van der Waals surface area contributed by atoms with Crippen LogP contribution in [0.5, 0.6) is 5.75 Å². The predicted molar refractivity (Wildman–Crippen MR) is 75.1 cm³/mol. The van der Waals surface area contributed by atoms with E-state index in [4.69, 9.17) is 0 Å². The summed E-state index contributed by atoms with van der Waals surface area (Å²) in [6.45, 7) is 2.00. The fraction of sp³-hybridized carbons (Fsp3) is 0.200. The van der Waals surface area contributed by atoms with E-state index in [0.717, 1.165) is 16.7 Å². The van der Waals surface area contributed by atoms with Crippen LogP contribution in [-0.2, 0) is 0 Å². The van der Waals surface area contributed by atoms with Crippen molar-refractivity contribution in [3.05, 3.63) is 65.2 Å². The Labute approximate surface area is 123 Å². The zero-order valence-corrected chi connectivity index (χ0v) is 12.2. The second-order valence-electron chi connectivity index (χ2n) is 4.39. The number of benzene rings is 2. The molecule has 0 aliphatic rings. The van der Waals surface area contributed by atoms with Crippen molar-refractivity contribution in [2.24, 2.45) is 0 Å². The lowest BCUT2D eigenvalue weighted by molar-refractivity contribution is -0.274. The number of rotatable bonds is 3. The highest BCUT2D eigenvalue weighted by Gasteiger charge is 2.31. The van der Waals surface area contributed by atoms with E-state index in [-0.39, 0.29) is 10.6 Å². The predicted octanol–water partition coefficient (Wildman–Crippen LogP) is 5.38. The van der Waals surface area contributed by atoms with Crippen molar-refractivity contribution in [1.82, 2.24) is 0 Å². The largest absolute Gasteiger partial charge is 0.573 e. The van der Waals surface area contributed by atoms with Crippen LogP contribution >= 0.6 is 15.9 Å². The van der Waals surface area contributed by atoms with Crippen LogP contribution in [0, 0.1) is 6.92 Å². The van der Waals surface area contributed by atoms with Gasteiger partial charge in [0.15, 0.2) is 0 Å². The maximum atomic E-state index is 12.1. The molecule has 1 unspecified atom stereocenters. The summed E-state index contributed by atoms with van der Waals surface area (Å²) in [5, 5.41) is 0. The maximum absolute atomic E-state index is 12.1. The molecule has 0 heterocycles. The van der Waals surface area contributed by atoms with E-state index in [1.165, 1.54) is 12.1 Å². The summed E-state index contributed by atoms with van der Waals surface area (Å²) in [6, 6.07) is 13.8. The molecule has 0 amide bonds. The van der Waals surface area contributed by atoms with Gasteiger partial charge in [0.05, 0.1) is 4.83 Å². The third kappa shape index (κ3) is 4.00. The zero-order chi connectivity index (χ0) is 14.8. The van der Waals surface area contributed by atoms with Crippen molar-refractivity contribution in [3.63, 3.8) is 0 Å². The van der Waals surface area contributed by atoms with Gasteiger partial charge in [-0.1, -0.05) is 57.9 Å². The Balaban J connectivity index is 2.15. The van der Waals surface area contributed by atoms with Gasteiger partial charge in [-0.15, -0.1) is 13.2 Å². The summed E-state index contributed by atoms with van der Waals surface area (Å²) in [5.74, 6) is -0.218. The van der Waals surface area contributed by atoms with E-state index in [1.807, 2.05) is 31.2 Å². The number of hydrogen-bond donors (Lipinski definition) is 0. The van der Waals surface area contributed by atoms with Gasteiger partial charge in [-0.2, -0.15) is 0 Å². The smallest absolute Gasteiger partial charge is 0.406 e. The van der Waals surface area contributed by atoms with E-state index in [2.05, 4.69) is 20.7 Å². The van der Waals surface area contributed by atoms with Crippen molar-refractivity contribution in [1.29, 1.82) is 0 Å². The molecule has 0 bridgehead atoms. The van der Waals surface area contributed by atoms with Crippen molar-refractivity contribution < 1.29 is 17.9 Å². The molecule has 2 aromatic rings. The van der Waals surface area contributed by atoms with E-state index in [0.29, 0.717) is 0 Å². The zero-order valence-electron chi connectivity index (χ0n) is 10.6. The Bertz CT molecular complexity index is 561. The molecule has 1 atom stereocenters. The molecule has 106 valence electrons. The van der Waals surface area contributed by atoms with Crippen molar-refractivity contribution in [2.75, 3.05) is 0 Å². The SMILES string of the molecule is Cc1ccc(C(Br)c2ccc(OC(F)(F)F)cc2)cc1. The van der Waals surface area contributed by atoms with E-state index in [9.17, 15) is 13.2 Å². The average Bonchev–Trinajstić information content (AvgIpc) is 2.38. The van der Waals surface area contributed by atoms with Crippen molar-refractivity contribution in [2.45, 2.75) is 18.1 Å². The third-order valence-electron chi connectivity index (χ3n) is 2.78. The van der Waals surface area contributed by atoms with E-state index < -0.39 is 6.36 Å². The number of alkyl halides is 4. The molecule has 1 nitrogen and oxygen atoms in total. The molecule has 0 aromatic heterocycles. The highest BCUT2D eigenvalue weighted by Crippen LogP contribution is 2.32. The topological polar surface area (TPSA) is 9.23 Å². The summed E-state index contributed by atoms with van der Waals surface area (Å²) >= 11 is 3.54. The lowest BCUT2D eigenvalue weighted by Crippen LogP contribution is -2.17. The van der Waals surface area contributed by atoms with Gasteiger partial charge in [0, 0.05) is 0 Å². The summed E-state index contributed by atoms with van der Waals surface area (Å²) in [7, 11) is 0. The average molecular weight is 345 g/mol. The van der Waals surface area contributed by atoms with Crippen LogP contribution in [0.2, 0.25) is 0 Å². The van der Waals surface area contributed by atoms with Crippen LogP contribution in [0.4, 0.5) is 13.2 Å². The third-order valence-corrected chi connectivity index (χ3v) is 3.83.